The minimum absolute atomic E-state index is 0.0404. The van der Waals surface area contributed by atoms with Crippen molar-refractivity contribution in [3.05, 3.63) is 64.6 Å². The third-order valence-electron chi connectivity index (χ3n) is 3.28. The second kappa shape index (κ2) is 11.1. The Labute approximate surface area is 176 Å². The standard InChI is InChI=1S/C19H18BrN3O4S/c1-26-15-7-2-13(3-8-15)4-11-17(24)21-19(28)23-22-18(25)12-27-16-9-5-14(20)6-10-16/h2-11H,12H2,1H3,(H,22,25)(H2,21,23,24,28)/b11-4+. The van der Waals surface area contributed by atoms with E-state index in [0.29, 0.717) is 5.75 Å². The predicted octanol–water partition coefficient (Wildman–Crippen LogP) is 2.57. The smallest absolute Gasteiger partial charge is 0.276 e. The van der Waals surface area contributed by atoms with E-state index in [1.807, 2.05) is 12.1 Å². The third kappa shape index (κ3) is 7.77. The molecule has 0 saturated heterocycles. The van der Waals surface area contributed by atoms with Crippen molar-refractivity contribution in [3.63, 3.8) is 0 Å². The summed E-state index contributed by atoms with van der Waals surface area (Å²) in [5.74, 6) is 0.395. The molecule has 0 heterocycles. The Morgan fingerprint density at radius 3 is 2.32 bits per heavy atom. The first-order valence-electron chi connectivity index (χ1n) is 8.06. The van der Waals surface area contributed by atoms with Gasteiger partial charge in [0, 0.05) is 10.5 Å². The normalized spacial score (nSPS) is 10.2. The predicted molar refractivity (Wildman–Crippen MR) is 114 cm³/mol. The van der Waals surface area contributed by atoms with E-state index in [-0.39, 0.29) is 11.7 Å². The van der Waals surface area contributed by atoms with Gasteiger partial charge in [0.25, 0.3) is 5.91 Å². The van der Waals surface area contributed by atoms with Crippen LogP contribution in [-0.2, 0) is 9.59 Å². The van der Waals surface area contributed by atoms with Crippen LogP contribution in [0.15, 0.2) is 59.1 Å². The number of carbonyl (C=O) groups is 2. The van der Waals surface area contributed by atoms with E-state index in [1.165, 1.54) is 6.08 Å². The molecule has 0 aliphatic heterocycles. The minimum atomic E-state index is -0.451. The van der Waals surface area contributed by atoms with Crippen LogP contribution in [0.2, 0.25) is 0 Å². The van der Waals surface area contributed by atoms with Crippen LogP contribution in [-0.4, -0.2) is 30.6 Å². The number of ether oxygens (including phenoxy) is 2. The first-order chi connectivity index (χ1) is 13.5. The SMILES string of the molecule is COc1ccc(/C=C/C(=O)NC(=S)NNC(=O)COc2ccc(Br)cc2)cc1. The van der Waals surface area contributed by atoms with E-state index in [0.717, 1.165) is 15.8 Å². The Hall–Kier alpha value is -2.91. The number of hydrogen-bond donors (Lipinski definition) is 3. The second-order valence-electron chi connectivity index (χ2n) is 5.34. The summed E-state index contributed by atoms with van der Waals surface area (Å²) >= 11 is 8.26. The van der Waals surface area contributed by atoms with Crippen LogP contribution < -0.4 is 25.6 Å². The highest BCUT2D eigenvalue weighted by Crippen LogP contribution is 2.15. The Morgan fingerprint density at radius 1 is 1.04 bits per heavy atom. The number of amides is 2. The van der Waals surface area contributed by atoms with Gasteiger partial charge in [-0.2, -0.15) is 0 Å². The molecule has 0 radical (unpaired) electrons. The Kier molecular flexibility index (Phi) is 8.44. The van der Waals surface area contributed by atoms with Crippen molar-refractivity contribution in [2.24, 2.45) is 0 Å². The zero-order valence-corrected chi connectivity index (χ0v) is 17.3. The summed E-state index contributed by atoms with van der Waals surface area (Å²) in [5, 5.41) is 2.38. The highest BCUT2D eigenvalue weighted by molar-refractivity contribution is 9.10. The van der Waals surface area contributed by atoms with Crippen LogP contribution in [0.25, 0.3) is 6.08 Å². The number of carbonyl (C=O) groups excluding carboxylic acids is 2. The van der Waals surface area contributed by atoms with Gasteiger partial charge in [-0.25, -0.2) is 0 Å². The summed E-state index contributed by atoms with van der Waals surface area (Å²) in [6.07, 6.45) is 2.95. The second-order valence-corrected chi connectivity index (χ2v) is 6.66. The fourth-order valence-corrected chi connectivity index (χ4v) is 2.33. The van der Waals surface area contributed by atoms with Crippen molar-refractivity contribution in [3.8, 4) is 11.5 Å². The maximum Gasteiger partial charge on any atom is 0.276 e. The number of halogens is 1. The number of rotatable bonds is 6. The van der Waals surface area contributed by atoms with Crippen LogP contribution in [0.1, 0.15) is 5.56 Å². The summed E-state index contributed by atoms with van der Waals surface area (Å²) < 4.78 is 11.3. The van der Waals surface area contributed by atoms with E-state index in [9.17, 15) is 9.59 Å². The fourth-order valence-electron chi connectivity index (χ4n) is 1.91. The molecule has 0 atom stereocenters. The van der Waals surface area contributed by atoms with Crippen molar-refractivity contribution in [2.45, 2.75) is 0 Å². The Bertz CT molecular complexity index is 854. The molecular weight excluding hydrogens is 446 g/mol. The largest absolute Gasteiger partial charge is 0.497 e. The number of methoxy groups -OCH3 is 1. The summed E-state index contributed by atoms with van der Waals surface area (Å²) in [7, 11) is 1.58. The number of hydrazine groups is 1. The Balaban J connectivity index is 1.68. The summed E-state index contributed by atoms with van der Waals surface area (Å²) in [4.78, 5) is 23.6. The first kappa shape index (κ1) is 21.4. The van der Waals surface area contributed by atoms with Gasteiger partial charge < -0.3 is 9.47 Å². The van der Waals surface area contributed by atoms with Gasteiger partial charge in [-0.05, 0) is 60.3 Å². The van der Waals surface area contributed by atoms with E-state index in [4.69, 9.17) is 21.7 Å². The van der Waals surface area contributed by atoms with Crippen molar-refractivity contribution in [1.29, 1.82) is 0 Å². The summed E-state index contributed by atoms with van der Waals surface area (Å²) in [6, 6.07) is 14.3. The number of hydrogen-bond acceptors (Lipinski definition) is 5. The molecule has 2 aromatic carbocycles. The number of thiocarbonyl (C=S) groups is 1. The molecule has 28 heavy (non-hydrogen) atoms. The molecular formula is C19H18BrN3O4S. The molecule has 0 saturated carbocycles. The van der Waals surface area contributed by atoms with Crippen molar-refractivity contribution < 1.29 is 19.1 Å². The van der Waals surface area contributed by atoms with Gasteiger partial charge in [0.2, 0.25) is 5.91 Å². The lowest BCUT2D eigenvalue weighted by atomic mass is 10.2. The third-order valence-corrected chi connectivity index (χ3v) is 4.01. The van der Waals surface area contributed by atoms with Gasteiger partial charge in [0.05, 0.1) is 7.11 Å². The topological polar surface area (TPSA) is 88.7 Å². The average Bonchev–Trinajstić information content (AvgIpc) is 2.70. The van der Waals surface area contributed by atoms with Crippen molar-refractivity contribution in [2.75, 3.05) is 13.7 Å². The molecule has 2 rings (SSSR count). The molecule has 0 spiro atoms. The fraction of sp³-hybridized carbons (Fsp3) is 0.105. The molecule has 0 aromatic heterocycles. The van der Waals surface area contributed by atoms with Crippen LogP contribution in [0.3, 0.4) is 0 Å². The van der Waals surface area contributed by atoms with Crippen LogP contribution in [0.4, 0.5) is 0 Å². The zero-order chi connectivity index (χ0) is 20.4. The lowest BCUT2D eigenvalue weighted by Crippen LogP contribution is -2.49. The molecule has 2 aromatic rings. The Morgan fingerprint density at radius 2 is 1.68 bits per heavy atom. The molecule has 0 aliphatic carbocycles. The number of benzene rings is 2. The van der Waals surface area contributed by atoms with Gasteiger partial charge in [-0.1, -0.05) is 28.1 Å². The van der Waals surface area contributed by atoms with E-state index < -0.39 is 11.8 Å². The number of nitrogens with one attached hydrogen (secondary N) is 3. The molecule has 7 nitrogen and oxygen atoms in total. The van der Waals surface area contributed by atoms with E-state index in [2.05, 4.69) is 32.1 Å². The molecule has 9 heteroatoms. The minimum Gasteiger partial charge on any atom is -0.497 e. The van der Waals surface area contributed by atoms with E-state index >= 15 is 0 Å². The highest BCUT2D eigenvalue weighted by Gasteiger charge is 2.05. The van der Waals surface area contributed by atoms with Crippen LogP contribution >= 0.6 is 28.1 Å². The molecule has 0 bridgehead atoms. The summed E-state index contributed by atoms with van der Waals surface area (Å²) in [6.45, 7) is -0.206. The monoisotopic (exact) mass is 463 g/mol. The average molecular weight is 464 g/mol. The lowest BCUT2D eigenvalue weighted by molar-refractivity contribution is -0.123. The molecule has 0 fully saturated rings. The maximum absolute atomic E-state index is 11.8. The molecule has 2 amide bonds. The van der Waals surface area contributed by atoms with Gasteiger partial charge in [-0.15, -0.1) is 0 Å². The van der Waals surface area contributed by atoms with Crippen LogP contribution in [0.5, 0.6) is 11.5 Å². The van der Waals surface area contributed by atoms with Gasteiger partial charge >= 0.3 is 0 Å². The molecule has 0 aliphatic rings. The zero-order valence-electron chi connectivity index (χ0n) is 14.9. The lowest BCUT2D eigenvalue weighted by Gasteiger charge is -2.10. The van der Waals surface area contributed by atoms with Gasteiger partial charge in [0.15, 0.2) is 11.7 Å². The summed E-state index contributed by atoms with van der Waals surface area (Å²) in [5.41, 5.74) is 5.60. The van der Waals surface area contributed by atoms with Gasteiger partial charge in [0.1, 0.15) is 11.5 Å². The molecule has 3 N–H and O–H groups in total. The van der Waals surface area contributed by atoms with E-state index in [1.54, 1.807) is 49.6 Å². The molecule has 146 valence electrons. The van der Waals surface area contributed by atoms with Gasteiger partial charge in [-0.3, -0.25) is 25.8 Å². The first-order valence-corrected chi connectivity index (χ1v) is 9.26. The maximum atomic E-state index is 11.8. The molecule has 0 unspecified atom stereocenters. The highest BCUT2D eigenvalue weighted by atomic mass is 79.9. The van der Waals surface area contributed by atoms with Crippen molar-refractivity contribution >= 4 is 51.2 Å². The van der Waals surface area contributed by atoms with Crippen molar-refractivity contribution in [1.82, 2.24) is 16.2 Å². The quantitative estimate of drug-likeness (QED) is 0.346. The van der Waals surface area contributed by atoms with Crippen LogP contribution in [0, 0.1) is 0 Å².